The normalized spacial score (nSPS) is 14.1. The van der Waals surface area contributed by atoms with Gasteiger partial charge in [-0.3, -0.25) is 9.63 Å². The lowest BCUT2D eigenvalue weighted by atomic mass is 10.1. The first-order valence-corrected chi connectivity index (χ1v) is 6.65. The molecule has 0 fully saturated rings. The number of rotatable bonds is 4. The van der Waals surface area contributed by atoms with E-state index in [1.54, 1.807) is 0 Å². The average molecular weight is 263 g/mol. The number of fused-ring (bicyclic) bond motifs is 1. The molecule has 104 valence electrons. The van der Waals surface area contributed by atoms with E-state index in [4.69, 9.17) is 9.57 Å². The van der Waals surface area contributed by atoms with Gasteiger partial charge >= 0.3 is 0 Å². The van der Waals surface area contributed by atoms with Crippen molar-refractivity contribution in [3.05, 3.63) is 29.3 Å². The van der Waals surface area contributed by atoms with E-state index in [-0.39, 0.29) is 12.5 Å². The summed E-state index contributed by atoms with van der Waals surface area (Å²) in [7, 11) is 0. The van der Waals surface area contributed by atoms with E-state index < -0.39 is 5.60 Å². The van der Waals surface area contributed by atoms with Crippen LogP contribution in [0, 0.1) is 0 Å². The number of ether oxygens (including phenoxy) is 1. The Morgan fingerprint density at radius 2 is 2.00 bits per heavy atom. The molecule has 1 aromatic rings. The molecule has 19 heavy (non-hydrogen) atoms. The van der Waals surface area contributed by atoms with E-state index in [2.05, 4.69) is 11.5 Å². The summed E-state index contributed by atoms with van der Waals surface area (Å²) in [5, 5.41) is 0. The van der Waals surface area contributed by atoms with Gasteiger partial charge in [0.15, 0.2) is 6.61 Å². The second-order valence-corrected chi connectivity index (χ2v) is 5.81. The second kappa shape index (κ2) is 5.61. The molecule has 0 saturated carbocycles. The van der Waals surface area contributed by atoms with Gasteiger partial charge in [0.1, 0.15) is 5.75 Å². The van der Waals surface area contributed by atoms with Crippen LogP contribution in [0.1, 0.15) is 38.3 Å². The highest BCUT2D eigenvalue weighted by molar-refractivity contribution is 5.76. The summed E-state index contributed by atoms with van der Waals surface area (Å²) in [6.07, 6.45) is 3.46. The predicted molar refractivity (Wildman–Crippen MR) is 72.9 cm³/mol. The van der Waals surface area contributed by atoms with Gasteiger partial charge < -0.3 is 4.74 Å². The van der Waals surface area contributed by atoms with Crippen LogP contribution in [0.2, 0.25) is 0 Å². The molecule has 0 saturated heterocycles. The number of aryl methyl sites for hydroxylation is 2. The fourth-order valence-electron chi connectivity index (χ4n) is 2.03. The van der Waals surface area contributed by atoms with Crippen LogP contribution in [-0.2, 0) is 22.5 Å². The van der Waals surface area contributed by atoms with E-state index in [9.17, 15) is 4.79 Å². The summed E-state index contributed by atoms with van der Waals surface area (Å²) in [5.74, 6) is 0.460. The van der Waals surface area contributed by atoms with E-state index >= 15 is 0 Å². The van der Waals surface area contributed by atoms with Crippen LogP contribution in [0.5, 0.6) is 5.75 Å². The van der Waals surface area contributed by atoms with Gasteiger partial charge in [0, 0.05) is 0 Å². The summed E-state index contributed by atoms with van der Waals surface area (Å²) in [4.78, 5) is 16.7. The van der Waals surface area contributed by atoms with Gasteiger partial charge in [-0.05, 0) is 63.3 Å². The molecular weight excluding hydrogens is 242 g/mol. The molecule has 0 spiro atoms. The average Bonchev–Trinajstić information content (AvgIpc) is 2.80. The van der Waals surface area contributed by atoms with Crippen molar-refractivity contribution in [2.75, 3.05) is 6.61 Å². The lowest BCUT2D eigenvalue weighted by molar-refractivity contribution is -0.147. The number of benzene rings is 1. The summed E-state index contributed by atoms with van der Waals surface area (Å²) in [5.41, 5.74) is 4.71. The number of hydrogen-bond donors (Lipinski definition) is 1. The van der Waals surface area contributed by atoms with Crippen molar-refractivity contribution >= 4 is 5.91 Å². The fourth-order valence-corrected chi connectivity index (χ4v) is 2.03. The maximum absolute atomic E-state index is 11.5. The molecule has 1 amide bonds. The zero-order chi connectivity index (χ0) is 13.9. The molecule has 1 aliphatic rings. The van der Waals surface area contributed by atoms with Crippen LogP contribution >= 0.6 is 0 Å². The van der Waals surface area contributed by atoms with Gasteiger partial charge in [-0.15, -0.1) is 0 Å². The van der Waals surface area contributed by atoms with Crippen molar-refractivity contribution in [1.29, 1.82) is 0 Å². The van der Waals surface area contributed by atoms with Crippen molar-refractivity contribution in [3.8, 4) is 5.75 Å². The highest BCUT2D eigenvalue weighted by atomic mass is 16.7. The zero-order valence-electron chi connectivity index (χ0n) is 11.8. The Morgan fingerprint density at radius 1 is 1.26 bits per heavy atom. The molecular formula is C15H21NO3. The maximum Gasteiger partial charge on any atom is 0.281 e. The number of hydroxylamine groups is 1. The Morgan fingerprint density at radius 3 is 2.74 bits per heavy atom. The van der Waals surface area contributed by atoms with Crippen LogP contribution in [-0.4, -0.2) is 18.1 Å². The first kappa shape index (κ1) is 13.9. The summed E-state index contributed by atoms with van der Waals surface area (Å²) < 4.78 is 5.47. The van der Waals surface area contributed by atoms with Gasteiger partial charge in [-0.25, -0.2) is 5.48 Å². The largest absolute Gasteiger partial charge is 0.484 e. The molecule has 1 N–H and O–H groups in total. The lowest BCUT2D eigenvalue weighted by Gasteiger charge is -2.19. The van der Waals surface area contributed by atoms with E-state index in [0.717, 1.165) is 18.6 Å². The predicted octanol–water partition coefficient (Wildman–Crippen LogP) is 2.40. The van der Waals surface area contributed by atoms with Crippen LogP contribution in [0.4, 0.5) is 0 Å². The van der Waals surface area contributed by atoms with Gasteiger partial charge in [0.05, 0.1) is 5.60 Å². The number of amides is 1. The van der Waals surface area contributed by atoms with Crippen molar-refractivity contribution in [2.24, 2.45) is 0 Å². The number of hydrogen-bond acceptors (Lipinski definition) is 3. The zero-order valence-corrected chi connectivity index (χ0v) is 11.8. The Hall–Kier alpha value is -1.55. The number of nitrogens with one attached hydrogen (secondary N) is 1. The maximum atomic E-state index is 11.5. The van der Waals surface area contributed by atoms with Crippen LogP contribution in [0.3, 0.4) is 0 Å². The molecule has 2 rings (SSSR count). The minimum absolute atomic E-state index is 0.0329. The molecule has 4 nitrogen and oxygen atoms in total. The van der Waals surface area contributed by atoms with Crippen LogP contribution < -0.4 is 10.2 Å². The Kier molecular flexibility index (Phi) is 4.10. The SMILES string of the molecule is CC(C)(C)ONC(=O)COc1ccc2c(c1)CCC2. The van der Waals surface area contributed by atoms with Gasteiger partial charge in [0.2, 0.25) is 0 Å². The molecule has 0 aliphatic heterocycles. The third-order valence-corrected chi connectivity index (χ3v) is 2.91. The van der Waals surface area contributed by atoms with Gasteiger partial charge in [-0.2, -0.15) is 0 Å². The first-order valence-electron chi connectivity index (χ1n) is 6.65. The second-order valence-electron chi connectivity index (χ2n) is 5.81. The third kappa shape index (κ3) is 4.24. The molecule has 1 aliphatic carbocycles. The third-order valence-electron chi connectivity index (χ3n) is 2.91. The van der Waals surface area contributed by atoms with E-state index in [1.807, 2.05) is 32.9 Å². The van der Waals surface area contributed by atoms with E-state index in [0.29, 0.717) is 0 Å². The molecule has 0 heterocycles. The summed E-state index contributed by atoms with van der Waals surface area (Å²) in [6, 6.07) is 6.03. The van der Waals surface area contributed by atoms with Crippen molar-refractivity contribution in [2.45, 2.75) is 45.6 Å². The molecule has 1 aromatic carbocycles. The van der Waals surface area contributed by atoms with Crippen molar-refractivity contribution < 1.29 is 14.4 Å². The Labute approximate surface area is 114 Å². The Balaban J connectivity index is 1.81. The van der Waals surface area contributed by atoms with Crippen molar-refractivity contribution in [1.82, 2.24) is 5.48 Å². The minimum Gasteiger partial charge on any atom is -0.484 e. The van der Waals surface area contributed by atoms with Crippen LogP contribution in [0.25, 0.3) is 0 Å². The van der Waals surface area contributed by atoms with Crippen LogP contribution in [0.15, 0.2) is 18.2 Å². The smallest absolute Gasteiger partial charge is 0.281 e. The Bertz CT molecular complexity index is 463. The van der Waals surface area contributed by atoms with Crippen molar-refractivity contribution in [3.63, 3.8) is 0 Å². The molecule has 0 unspecified atom stereocenters. The summed E-state index contributed by atoms with van der Waals surface area (Å²) in [6.45, 7) is 5.58. The first-order chi connectivity index (χ1) is 8.94. The molecule has 0 radical (unpaired) electrons. The minimum atomic E-state index is -0.400. The van der Waals surface area contributed by atoms with E-state index in [1.165, 1.54) is 17.5 Å². The standard InChI is InChI=1S/C15H21NO3/c1-15(2,3)19-16-14(17)10-18-13-8-7-11-5-4-6-12(11)9-13/h7-9H,4-6,10H2,1-3H3,(H,16,17). The quantitative estimate of drug-likeness (QED) is 0.849. The van der Waals surface area contributed by atoms with Gasteiger partial charge in [-0.1, -0.05) is 6.07 Å². The number of carbonyl (C=O) groups excluding carboxylic acids is 1. The number of carbonyl (C=O) groups is 1. The molecule has 0 bridgehead atoms. The molecule has 0 atom stereocenters. The molecule has 4 heteroatoms. The summed E-state index contributed by atoms with van der Waals surface area (Å²) >= 11 is 0. The highest BCUT2D eigenvalue weighted by Gasteiger charge is 2.14. The van der Waals surface area contributed by atoms with Gasteiger partial charge in [0.25, 0.3) is 5.91 Å². The highest BCUT2D eigenvalue weighted by Crippen LogP contribution is 2.25. The molecule has 0 aromatic heterocycles. The topological polar surface area (TPSA) is 47.6 Å². The lowest BCUT2D eigenvalue weighted by Crippen LogP contribution is -2.36. The monoisotopic (exact) mass is 263 g/mol. The fraction of sp³-hybridized carbons (Fsp3) is 0.533.